The van der Waals surface area contributed by atoms with Gasteiger partial charge in [-0.2, -0.15) is 0 Å². The van der Waals surface area contributed by atoms with Crippen molar-refractivity contribution in [3.63, 3.8) is 0 Å². The lowest BCUT2D eigenvalue weighted by atomic mass is 10.2. The Hall–Kier alpha value is -2.13. The third-order valence-electron chi connectivity index (χ3n) is 3.86. The number of hydrogen-bond acceptors (Lipinski definition) is 7. The lowest BCUT2D eigenvalue weighted by molar-refractivity contribution is -0.113. The highest BCUT2D eigenvalue weighted by molar-refractivity contribution is 8.01. The zero-order valence-corrected chi connectivity index (χ0v) is 18.3. The normalized spacial score (nSPS) is 10.8. The first kappa shape index (κ1) is 22.2. The molecule has 1 heterocycles. The Bertz CT molecular complexity index is 773. The van der Waals surface area contributed by atoms with Crippen LogP contribution >= 0.6 is 23.1 Å². The summed E-state index contributed by atoms with van der Waals surface area (Å²) >= 11 is 2.80. The van der Waals surface area contributed by atoms with Gasteiger partial charge in [-0.15, -0.1) is 10.2 Å². The van der Waals surface area contributed by atoms with Gasteiger partial charge in [0, 0.05) is 30.9 Å². The lowest BCUT2D eigenvalue weighted by Gasteiger charge is -2.18. The van der Waals surface area contributed by atoms with Gasteiger partial charge in [0.05, 0.1) is 5.75 Å². The fourth-order valence-electron chi connectivity index (χ4n) is 2.34. The predicted octanol–water partition coefficient (Wildman–Crippen LogP) is 3.82. The maximum atomic E-state index is 12.3. The summed E-state index contributed by atoms with van der Waals surface area (Å²) in [5, 5.41) is 15.0. The monoisotopic (exact) mass is 421 g/mol. The summed E-state index contributed by atoms with van der Waals surface area (Å²) in [6.45, 7) is 10.3. The topological polar surface area (TPSA) is 87.2 Å². The molecule has 2 amide bonds. The first-order valence-electron chi connectivity index (χ1n) is 9.32. The van der Waals surface area contributed by atoms with Crippen LogP contribution in [0.3, 0.4) is 0 Å². The van der Waals surface area contributed by atoms with Crippen LogP contribution in [0, 0.1) is 5.92 Å². The van der Waals surface area contributed by atoms with Gasteiger partial charge in [-0.05, 0) is 44.0 Å². The number of rotatable bonds is 10. The fraction of sp³-hybridized carbons (Fsp3) is 0.474. The van der Waals surface area contributed by atoms with E-state index in [1.165, 1.54) is 23.1 Å². The minimum atomic E-state index is -0.125. The highest BCUT2D eigenvalue weighted by Gasteiger charge is 2.13. The first-order chi connectivity index (χ1) is 13.4. The van der Waals surface area contributed by atoms with Crippen LogP contribution in [0.2, 0.25) is 0 Å². The second kappa shape index (κ2) is 11.0. The van der Waals surface area contributed by atoms with Crippen LogP contribution in [0.1, 0.15) is 38.1 Å². The van der Waals surface area contributed by atoms with Gasteiger partial charge in [-0.3, -0.25) is 9.59 Å². The molecule has 1 aromatic carbocycles. The van der Waals surface area contributed by atoms with E-state index in [4.69, 9.17) is 0 Å². The average Bonchev–Trinajstić information content (AvgIpc) is 3.14. The van der Waals surface area contributed by atoms with E-state index in [1.807, 2.05) is 13.8 Å². The number of nitrogens with one attached hydrogen (secondary N) is 2. The largest absolute Gasteiger partial charge is 0.360 e. The standard InChI is InChI=1S/C19H27N5O2S2/c1-5-24(6-2)17(26)14-7-9-15(10-8-14)21-16(25)12-27-19-23-22-18(28-19)20-11-13(3)4/h7-10,13H,5-6,11-12H2,1-4H3,(H,20,22)(H,21,25). The molecular formula is C19H27N5O2S2. The number of anilines is 2. The number of benzene rings is 1. The molecule has 0 radical (unpaired) electrons. The Labute approximate surface area is 174 Å². The molecule has 0 fully saturated rings. The van der Waals surface area contributed by atoms with E-state index >= 15 is 0 Å². The van der Waals surface area contributed by atoms with Crippen LogP contribution in [-0.2, 0) is 4.79 Å². The highest BCUT2D eigenvalue weighted by Crippen LogP contribution is 2.25. The summed E-state index contributed by atoms with van der Waals surface area (Å²) in [7, 11) is 0. The van der Waals surface area contributed by atoms with E-state index in [0.717, 1.165) is 16.0 Å². The SMILES string of the molecule is CCN(CC)C(=O)c1ccc(NC(=O)CSc2nnc(NCC(C)C)s2)cc1. The molecule has 1 aromatic heterocycles. The quantitative estimate of drug-likeness (QED) is 0.567. The molecule has 0 saturated carbocycles. The van der Waals surface area contributed by atoms with Crippen molar-refractivity contribution in [1.82, 2.24) is 15.1 Å². The summed E-state index contributed by atoms with van der Waals surface area (Å²) in [6.07, 6.45) is 0. The third-order valence-corrected chi connectivity index (χ3v) is 5.88. The molecule has 2 N–H and O–H groups in total. The minimum Gasteiger partial charge on any atom is -0.360 e. The van der Waals surface area contributed by atoms with E-state index in [1.54, 1.807) is 29.2 Å². The van der Waals surface area contributed by atoms with Crippen LogP contribution in [0.4, 0.5) is 10.8 Å². The maximum absolute atomic E-state index is 12.3. The van der Waals surface area contributed by atoms with Crippen molar-refractivity contribution >= 4 is 45.7 Å². The zero-order valence-electron chi connectivity index (χ0n) is 16.7. The molecule has 0 saturated heterocycles. The van der Waals surface area contributed by atoms with Gasteiger partial charge in [-0.1, -0.05) is 36.9 Å². The zero-order chi connectivity index (χ0) is 20.5. The molecule has 0 aliphatic rings. The van der Waals surface area contributed by atoms with E-state index in [0.29, 0.717) is 30.3 Å². The summed E-state index contributed by atoms with van der Waals surface area (Å²) in [6, 6.07) is 6.97. The molecule has 2 aromatic rings. The summed E-state index contributed by atoms with van der Waals surface area (Å²) in [4.78, 5) is 26.2. The molecule has 2 rings (SSSR count). The van der Waals surface area contributed by atoms with Crippen molar-refractivity contribution < 1.29 is 9.59 Å². The van der Waals surface area contributed by atoms with Crippen molar-refractivity contribution in [1.29, 1.82) is 0 Å². The molecule has 152 valence electrons. The van der Waals surface area contributed by atoms with Crippen LogP contribution in [-0.4, -0.2) is 52.3 Å². The Balaban J connectivity index is 1.82. The van der Waals surface area contributed by atoms with E-state index in [9.17, 15) is 9.59 Å². The number of carbonyl (C=O) groups is 2. The molecule has 0 aliphatic carbocycles. The maximum Gasteiger partial charge on any atom is 0.253 e. The van der Waals surface area contributed by atoms with Crippen LogP contribution in [0.5, 0.6) is 0 Å². The molecule has 0 spiro atoms. The van der Waals surface area contributed by atoms with Gasteiger partial charge in [0.15, 0.2) is 4.34 Å². The molecular weight excluding hydrogens is 394 g/mol. The van der Waals surface area contributed by atoms with Crippen LogP contribution in [0.15, 0.2) is 28.6 Å². The number of nitrogens with zero attached hydrogens (tertiary/aromatic N) is 3. The van der Waals surface area contributed by atoms with Crippen LogP contribution in [0.25, 0.3) is 0 Å². The first-order valence-corrected chi connectivity index (χ1v) is 11.1. The van der Waals surface area contributed by atoms with Gasteiger partial charge in [-0.25, -0.2) is 0 Å². The van der Waals surface area contributed by atoms with Crippen molar-refractivity contribution in [3.05, 3.63) is 29.8 Å². The van der Waals surface area contributed by atoms with Crippen LogP contribution < -0.4 is 10.6 Å². The molecule has 0 bridgehead atoms. The Morgan fingerprint density at radius 3 is 2.43 bits per heavy atom. The molecule has 28 heavy (non-hydrogen) atoms. The smallest absolute Gasteiger partial charge is 0.253 e. The predicted molar refractivity (Wildman–Crippen MR) is 116 cm³/mol. The van der Waals surface area contributed by atoms with E-state index in [2.05, 4.69) is 34.7 Å². The van der Waals surface area contributed by atoms with Gasteiger partial charge < -0.3 is 15.5 Å². The van der Waals surface area contributed by atoms with Gasteiger partial charge in [0.2, 0.25) is 11.0 Å². The number of aromatic nitrogens is 2. The molecule has 9 heteroatoms. The molecule has 7 nitrogen and oxygen atoms in total. The summed E-state index contributed by atoms with van der Waals surface area (Å²) < 4.78 is 0.751. The molecule has 0 unspecified atom stereocenters. The van der Waals surface area contributed by atoms with Gasteiger partial charge in [0.1, 0.15) is 0 Å². The number of thioether (sulfide) groups is 1. The molecule has 0 atom stereocenters. The Kier molecular flexibility index (Phi) is 8.72. The highest BCUT2D eigenvalue weighted by atomic mass is 32.2. The van der Waals surface area contributed by atoms with Crippen molar-refractivity contribution in [2.24, 2.45) is 5.92 Å². The van der Waals surface area contributed by atoms with Crippen molar-refractivity contribution in [2.45, 2.75) is 32.0 Å². The van der Waals surface area contributed by atoms with Crippen molar-refractivity contribution in [3.8, 4) is 0 Å². The Morgan fingerprint density at radius 2 is 1.82 bits per heavy atom. The summed E-state index contributed by atoms with van der Waals surface area (Å²) in [5.41, 5.74) is 1.28. The fourth-order valence-corrected chi connectivity index (χ4v) is 3.90. The average molecular weight is 422 g/mol. The number of hydrogen-bond donors (Lipinski definition) is 2. The Morgan fingerprint density at radius 1 is 1.14 bits per heavy atom. The third kappa shape index (κ3) is 6.79. The van der Waals surface area contributed by atoms with E-state index < -0.39 is 0 Å². The summed E-state index contributed by atoms with van der Waals surface area (Å²) in [5.74, 6) is 0.648. The van der Waals surface area contributed by atoms with Crippen molar-refractivity contribution in [2.75, 3.05) is 36.0 Å². The van der Waals surface area contributed by atoms with Gasteiger partial charge in [0.25, 0.3) is 5.91 Å². The van der Waals surface area contributed by atoms with E-state index in [-0.39, 0.29) is 17.6 Å². The number of carbonyl (C=O) groups excluding carboxylic acids is 2. The lowest BCUT2D eigenvalue weighted by Crippen LogP contribution is -2.30. The molecule has 0 aliphatic heterocycles. The second-order valence-corrected chi connectivity index (χ2v) is 8.74. The second-order valence-electron chi connectivity index (χ2n) is 6.54. The van der Waals surface area contributed by atoms with Gasteiger partial charge >= 0.3 is 0 Å². The minimum absolute atomic E-state index is 0.00316. The number of amides is 2.